The Kier molecular flexibility index (Phi) is 7.22. The smallest absolute Gasteiger partial charge is 0.416 e. The number of fused-ring (bicyclic) bond motifs is 1. The average molecular weight is 518 g/mol. The molecule has 3 heterocycles. The molecule has 1 fully saturated rings. The first-order chi connectivity index (χ1) is 16.5. The topological polar surface area (TPSA) is 70.9 Å². The van der Waals surface area contributed by atoms with E-state index in [1.54, 1.807) is 4.90 Å². The van der Waals surface area contributed by atoms with Crippen molar-refractivity contribution in [1.82, 2.24) is 24.5 Å². The van der Waals surface area contributed by atoms with E-state index in [2.05, 4.69) is 10.00 Å². The summed E-state index contributed by atoms with van der Waals surface area (Å²) in [5, 5.41) is 4.04. The van der Waals surface area contributed by atoms with Crippen molar-refractivity contribution in [2.45, 2.75) is 32.3 Å². The predicted molar refractivity (Wildman–Crippen MR) is 117 cm³/mol. The SMILES string of the molecule is CN1CCN(C(=O)c2nn3c(c2F)CN(C(=O)OCc2cc(Cl)cc(C(F)(F)F)c2)CCC3)CC1. The number of hydrogen-bond donors (Lipinski definition) is 0. The summed E-state index contributed by atoms with van der Waals surface area (Å²) in [6.07, 6.45) is -4.98. The first-order valence-corrected chi connectivity index (χ1v) is 11.4. The molecule has 2 aliphatic heterocycles. The van der Waals surface area contributed by atoms with Gasteiger partial charge in [-0.25, -0.2) is 9.18 Å². The number of rotatable bonds is 3. The van der Waals surface area contributed by atoms with Gasteiger partial charge >= 0.3 is 12.3 Å². The number of aryl methyl sites for hydroxylation is 1. The van der Waals surface area contributed by atoms with Gasteiger partial charge in [-0.15, -0.1) is 0 Å². The summed E-state index contributed by atoms with van der Waals surface area (Å²) in [6, 6.07) is 2.91. The summed E-state index contributed by atoms with van der Waals surface area (Å²) >= 11 is 5.77. The van der Waals surface area contributed by atoms with Crippen LogP contribution in [-0.2, 0) is 30.6 Å². The molecule has 0 spiro atoms. The molecule has 0 atom stereocenters. The quantitative estimate of drug-likeness (QED) is 0.582. The molecule has 8 nitrogen and oxygen atoms in total. The highest BCUT2D eigenvalue weighted by Crippen LogP contribution is 2.32. The maximum atomic E-state index is 15.2. The Labute approximate surface area is 204 Å². The Balaban J connectivity index is 1.44. The van der Waals surface area contributed by atoms with E-state index in [9.17, 15) is 22.8 Å². The summed E-state index contributed by atoms with van der Waals surface area (Å²) in [4.78, 5) is 30.3. The number of nitrogens with zero attached hydrogens (tertiary/aromatic N) is 5. The lowest BCUT2D eigenvalue weighted by Crippen LogP contribution is -2.47. The number of amides is 2. The van der Waals surface area contributed by atoms with Crippen molar-refractivity contribution in [2.75, 3.05) is 39.8 Å². The lowest BCUT2D eigenvalue weighted by molar-refractivity contribution is -0.137. The van der Waals surface area contributed by atoms with Crippen LogP contribution < -0.4 is 0 Å². The normalized spacial score (nSPS) is 17.2. The van der Waals surface area contributed by atoms with Crippen LogP contribution in [0.4, 0.5) is 22.4 Å². The third kappa shape index (κ3) is 5.69. The predicted octanol–water partition coefficient (Wildman–Crippen LogP) is 3.62. The van der Waals surface area contributed by atoms with Gasteiger partial charge in [0.25, 0.3) is 5.91 Å². The number of alkyl halides is 3. The van der Waals surface area contributed by atoms with Gasteiger partial charge in [-0.1, -0.05) is 11.6 Å². The fraction of sp³-hybridized carbons (Fsp3) is 0.500. The third-order valence-corrected chi connectivity index (χ3v) is 6.25. The zero-order chi connectivity index (χ0) is 25.3. The molecule has 2 aliphatic rings. The average Bonchev–Trinajstić information content (AvgIpc) is 2.97. The van der Waals surface area contributed by atoms with E-state index < -0.39 is 36.2 Å². The Morgan fingerprint density at radius 1 is 1.06 bits per heavy atom. The molecule has 2 amide bonds. The maximum Gasteiger partial charge on any atom is 0.416 e. The number of carbonyl (C=O) groups excluding carboxylic acids is 2. The molecular weight excluding hydrogens is 494 g/mol. The standard InChI is InChI=1S/C22H24ClF4N5O3/c1-29-5-7-30(8-6-29)20(33)19-18(24)17-12-31(3-2-4-32(17)28-19)21(34)35-13-14-9-15(22(25,26)27)11-16(23)10-14/h9-11H,2-8,12-13H2,1H3. The molecule has 0 N–H and O–H groups in total. The fourth-order valence-corrected chi connectivity index (χ4v) is 4.33. The van der Waals surface area contributed by atoms with Crippen LogP contribution in [0.2, 0.25) is 5.02 Å². The largest absolute Gasteiger partial charge is 0.445 e. The molecule has 0 unspecified atom stereocenters. The van der Waals surface area contributed by atoms with Gasteiger partial charge in [0, 0.05) is 44.3 Å². The second-order valence-corrected chi connectivity index (χ2v) is 9.04. The van der Waals surface area contributed by atoms with E-state index in [1.165, 1.54) is 15.6 Å². The minimum atomic E-state index is -4.59. The number of hydrogen-bond acceptors (Lipinski definition) is 5. The Morgan fingerprint density at radius 2 is 1.77 bits per heavy atom. The van der Waals surface area contributed by atoms with E-state index in [4.69, 9.17) is 16.3 Å². The number of ether oxygens (including phenoxy) is 1. The van der Waals surface area contributed by atoms with E-state index in [0.29, 0.717) is 39.1 Å². The van der Waals surface area contributed by atoms with Gasteiger partial charge in [-0.05, 0) is 37.2 Å². The number of carbonyl (C=O) groups is 2. The van der Waals surface area contributed by atoms with Crippen LogP contribution in [0.1, 0.15) is 33.7 Å². The Hall–Kier alpha value is -2.86. The number of benzene rings is 1. The number of halogens is 5. The highest BCUT2D eigenvalue weighted by Gasteiger charge is 2.33. The van der Waals surface area contributed by atoms with Crippen molar-refractivity contribution >= 4 is 23.6 Å². The monoisotopic (exact) mass is 517 g/mol. The summed E-state index contributed by atoms with van der Waals surface area (Å²) < 4.78 is 60.8. The lowest BCUT2D eigenvalue weighted by Gasteiger charge is -2.31. The number of likely N-dealkylation sites (N-methyl/N-ethyl adjacent to an activating group) is 1. The second kappa shape index (κ2) is 10.0. The van der Waals surface area contributed by atoms with Gasteiger partial charge in [-0.3, -0.25) is 9.48 Å². The van der Waals surface area contributed by atoms with Crippen molar-refractivity contribution in [3.05, 3.63) is 51.6 Å². The highest BCUT2D eigenvalue weighted by atomic mass is 35.5. The Bertz CT molecular complexity index is 1120. The minimum Gasteiger partial charge on any atom is -0.445 e. The molecule has 190 valence electrons. The van der Waals surface area contributed by atoms with Gasteiger partial charge in [0.15, 0.2) is 11.5 Å². The van der Waals surface area contributed by atoms with Gasteiger partial charge in [0.2, 0.25) is 0 Å². The van der Waals surface area contributed by atoms with Crippen LogP contribution >= 0.6 is 11.6 Å². The lowest BCUT2D eigenvalue weighted by atomic mass is 10.1. The molecule has 1 aromatic heterocycles. The summed E-state index contributed by atoms with van der Waals surface area (Å²) in [5.74, 6) is -1.27. The van der Waals surface area contributed by atoms with Crippen LogP contribution in [0.3, 0.4) is 0 Å². The molecule has 0 aliphatic carbocycles. The fourth-order valence-electron chi connectivity index (χ4n) is 4.07. The summed E-state index contributed by atoms with van der Waals surface area (Å²) in [5.41, 5.74) is -1.07. The molecule has 0 radical (unpaired) electrons. The van der Waals surface area contributed by atoms with Gasteiger partial charge in [-0.2, -0.15) is 18.3 Å². The molecule has 0 bridgehead atoms. The number of aromatic nitrogens is 2. The van der Waals surface area contributed by atoms with Crippen molar-refractivity contribution < 1.29 is 31.9 Å². The second-order valence-electron chi connectivity index (χ2n) is 8.60. The first kappa shape index (κ1) is 25.2. The molecule has 2 aromatic rings. The minimum absolute atomic E-state index is 0.0734. The highest BCUT2D eigenvalue weighted by molar-refractivity contribution is 6.30. The van der Waals surface area contributed by atoms with Gasteiger partial charge < -0.3 is 19.4 Å². The van der Waals surface area contributed by atoms with E-state index in [1.807, 2.05) is 7.05 Å². The van der Waals surface area contributed by atoms with Crippen LogP contribution in [0.25, 0.3) is 0 Å². The molecule has 0 saturated carbocycles. The molecule has 35 heavy (non-hydrogen) atoms. The Morgan fingerprint density at radius 3 is 2.46 bits per heavy atom. The van der Waals surface area contributed by atoms with Crippen LogP contribution in [0.5, 0.6) is 0 Å². The van der Waals surface area contributed by atoms with Crippen molar-refractivity contribution in [2.24, 2.45) is 0 Å². The van der Waals surface area contributed by atoms with Gasteiger partial charge in [0.1, 0.15) is 6.61 Å². The van der Waals surface area contributed by atoms with E-state index in [-0.39, 0.29) is 35.1 Å². The van der Waals surface area contributed by atoms with Gasteiger partial charge in [0.05, 0.1) is 17.8 Å². The van der Waals surface area contributed by atoms with E-state index in [0.717, 1.165) is 12.1 Å². The zero-order valence-corrected chi connectivity index (χ0v) is 19.7. The van der Waals surface area contributed by atoms with Crippen LogP contribution in [-0.4, -0.2) is 76.3 Å². The summed E-state index contributed by atoms with van der Waals surface area (Å²) in [7, 11) is 1.94. The van der Waals surface area contributed by atoms with Crippen molar-refractivity contribution in [3.8, 4) is 0 Å². The van der Waals surface area contributed by atoms with Crippen LogP contribution in [0.15, 0.2) is 18.2 Å². The maximum absolute atomic E-state index is 15.2. The van der Waals surface area contributed by atoms with Crippen molar-refractivity contribution in [1.29, 1.82) is 0 Å². The molecule has 1 saturated heterocycles. The van der Waals surface area contributed by atoms with Crippen LogP contribution in [0, 0.1) is 5.82 Å². The number of piperazine rings is 1. The summed E-state index contributed by atoms with van der Waals surface area (Å²) in [6.45, 7) is 2.20. The van der Waals surface area contributed by atoms with E-state index >= 15 is 4.39 Å². The zero-order valence-electron chi connectivity index (χ0n) is 18.9. The van der Waals surface area contributed by atoms with Crippen molar-refractivity contribution in [3.63, 3.8) is 0 Å². The molecule has 4 rings (SSSR count). The first-order valence-electron chi connectivity index (χ1n) is 11.0. The third-order valence-electron chi connectivity index (χ3n) is 6.03. The molecule has 1 aromatic carbocycles. The molecular formula is C22H24ClF4N5O3. The molecule has 13 heteroatoms.